The van der Waals surface area contributed by atoms with Crippen molar-refractivity contribution in [1.82, 2.24) is 0 Å². The molecule has 43 heavy (non-hydrogen) atoms. The average Bonchev–Trinajstić information content (AvgIpc) is 2.94. The van der Waals surface area contributed by atoms with Crippen molar-refractivity contribution in [2.75, 3.05) is 14.1 Å². The molecular formula is C40H55BN2+2. The molecule has 0 fully saturated rings. The Bertz CT molecular complexity index is 1390. The van der Waals surface area contributed by atoms with E-state index in [2.05, 4.69) is 147 Å². The van der Waals surface area contributed by atoms with Crippen LogP contribution in [-0.4, -0.2) is 20.8 Å². The first kappa shape index (κ1) is 34.2. The van der Waals surface area contributed by atoms with Crippen molar-refractivity contribution in [2.45, 2.75) is 119 Å². The third-order valence-electron chi connectivity index (χ3n) is 8.71. The monoisotopic (exact) mass is 574 g/mol. The molecule has 0 saturated heterocycles. The predicted octanol–water partition coefficient (Wildman–Crippen LogP) is 11.5. The van der Waals surface area contributed by atoms with Gasteiger partial charge in [-0.05, 0) is 96.6 Å². The first-order chi connectivity index (χ1) is 20.2. The van der Waals surface area contributed by atoms with Gasteiger partial charge < -0.3 is 0 Å². The maximum atomic E-state index is 4.43. The van der Waals surface area contributed by atoms with Crippen molar-refractivity contribution in [3.8, 4) is 34.2 Å². The van der Waals surface area contributed by atoms with Crippen LogP contribution in [0.3, 0.4) is 0 Å². The van der Waals surface area contributed by atoms with Crippen LogP contribution in [0.5, 0.6) is 0 Å². The molecule has 0 bridgehead atoms. The summed E-state index contributed by atoms with van der Waals surface area (Å²) < 4.78 is 0. The number of benzene rings is 3. The maximum Gasteiger partial charge on any atom is 0.544 e. The lowest BCUT2D eigenvalue weighted by Gasteiger charge is -2.27. The third-order valence-corrected chi connectivity index (χ3v) is 8.71. The number of nitrogens with zero attached hydrogens (tertiary/aromatic N) is 2. The zero-order valence-corrected chi connectivity index (χ0v) is 29.5. The maximum absolute atomic E-state index is 4.43. The standard InChI is InChI=1S/C40H55BN2/c1-24(2)30-18-34(26(5)6)38(35(19-30)27(7)8)32-16-15-17-33(40(32)41(22-42-13)23-43-14)39-36(28(9)10)20-31(25(3)4)21-37(39)29(11)12/h15-21,24-29H,1-14H3/q+2. The Morgan fingerprint density at radius 3 is 1.02 bits per heavy atom. The molecule has 3 rings (SSSR count). The van der Waals surface area contributed by atoms with Crippen molar-refractivity contribution in [3.63, 3.8) is 0 Å². The van der Waals surface area contributed by atoms with Crippen molar-refractivity contribution in [3.05, 3.63) is 85.5 Å². The summed E-state index contributed by atoms with van der Waals surface area (Å²) in [5.74, 6) is 9.20. The highest BCUT2D eigenvalue weighted by Gasteiger charge is 2.36. The van der Waals surface area contributed by atoms with Crippen LogP contribution < -0.4 is 5.46 Å². The van der Waals surface area contributed by atoms with E-state index in [-0.39, 0.29) is 6.71 Å². The summed E-state index contributed by atoms with van der Waals surface area (Å²) in [5, 5.41) is 0. The second-order valence-electron chi connectivity index (χ2n) is 14.0. The van der Waals surface area contributed by atoms with Crippen LogP contribution in [0, 0.1) is 11.9 Å². The van der Waals surface area contributed by atoms with Crippen LogP contribution in [0.1, 0.15) is 152 Å². The van der Waals surface area contributed by atoms with Crippen LogP contribution >= 0.6 is 0 Å². The lowest BCUT2D eigenvalue weighted by molar-refractivity contribution is 0.807. The fraction of sp³-hybridized carbons (Fsp3) is 0.500. The van der Waals surface area contributed by atoms with Crippen LogP contribution in [0.2, 0.25) is 0 Å². The summed E-state index contributed by atoms with van der Waals surface area (Å²) in [6, 6.07) is 16.7. The molecule has 0 N–H and O–H groups in total. The molecule has 3 aromatic carbocycles. The minimum atomic E-state index is -0.296. The molecule has 0 saturated carbocycles. The van der Waals surface area contributed by atoms with Crippen LogP contribution in [0.4, 0.5) is 0 Å². The predicted molar refractivity (Wildman–Crippen MR) is 194 cm³/mol. The fourth-order valence-corrected chi connectivity index (χ4v) is 6.26. The Hall–Kier alpha value is -3.30. The van der Waals surface area contributed by atoms with Gasteiger partial charge in [-0.2, -0.15) is 0 Å². The van der Waals surface area contributed by atoms with Gasteiger partial charge in [0.05, 0.1) is 0 Å². The highest BCUT2D eigenvalue weighted by Crippen LogP contribution is 2.42. The second kappa shape index (κ2) is 14.5. The summed E-state index contributed by atoms with van der Waals surface area (Å²) in [4.78, 5) is 8.87. The van der Waals surface area contributed by atoms with Crippen molar-refractivity contribution in [2.24, 2.45) is 0 Å². The molecule has 226 valence electrons. The van der Waals surface area contributed by atoms with Gasteiger partial charge >= 0.3 is 6.71 Å². The average molecular weight is 575 g/mol. The first-order valence-corrected chi connectivity index (χ1v) is 16.4. The van der Waals surface area contributed by atoms with Gasteiger partial charge in [-0.25, -0.2) is 0 Å². The van der Waals surface area contributed by atoms with Crippen molar-refractivity contribution < 1.29 is 0 Å². The van der Waals surface area contributed by atoms with Gasteiger partial charge in [-0.3, -0.25) is 0 Å². The van der Waals surface area contributed by atoms with E-state index in [1.807, 2.05) is 0 Å². The van der Waals surface area contributed by atoms with E-state index in [1.165, 1.54) is 61.1 Å². The SMILES string of the molecule is C[N+]#CB(C#[N+]C)c1c(-c2c(C(C)C)cc(C(C)C)cc2C(C)C)cccc1-c1c(C(C)C)cc(C(C)C)cc1C(C)C. The molecule has 0 aliphatic rings. The zero-order valence-electron chi connectivity index (χ0n) is 29.5. The Labute approximate surface area is 264 Å². The molecule has 0 spiro atoms. The summed E-state index contributed by atoms with van der Waals surface area (Å²) in [7, 11) is 3.61. The minimum absolute atomic E-state index is 0.296. The van der Waals surface area contributed by atoms with Gasteiger partial charge in [0.2, 0.25) is 11.9 Å². The molecule has 3 aromatic rings. The molecule has 0 heterocycles. The highest BCUT2D eigenvalue weighted by molar-refractivity contribution is 6.89. The largest absolute Gasteiger partial charge is 0.544 e. The van der Waals surface area contributed by atoms with E-state index in [9.17, 15) is 0 Å². The molecule has 0 aliphatic carbocycles. The minimum Gasteiger partial charge on any atom is -0.0993 e. The van der Waals surface area contributed by atoms with Gasteiger partial charge in [0.25, 0.3) is 14.1 Å². The van der Waals surface area contributed by atoms with E-state index >= 15 is 0 Å². The summed E-state index contributed by atoms with van der Waals surface area (Å²) in [6.07, 6.45) is 0. The molecule has 0 atom stereocenters. The Balaban J connectivity index is 2.68. The highest BCUT2D eigenvalue weighted by atomic mass is 14.6. The lowest BCUT2D eigenvalue weighted by atomic mass is 9.44. The van der Waals surface area contributed by atoms with Crippen molar-refractivity contribution >= 4 is 12.2 Å². The number of hydrogen-bond donors (Lipinski definition) is 0. The number of rotatable bonds is 9. The lowest BCUT2D eigenvalue weighted by Crippen LogP contribution is -2.32. The van der Waals surface area contributed by atoms with E-state index < -0.39 is 0 Å². The Morgan fingerprint density at radius 1 is 0.488 bits per heavy atom. The third kappa shape index (κ3) is 7.27. The summed E-state index contributed by atoms with van der Waals surface area (Å²) >= 11 is 0. The van der Waals surface area contributed by atoms with Crippen molar-refractivity contribution in [1.29, 1.82) is 0 Å². The van der Waals surface area contributed by atoms with Crippen LogP contribution in [0.15, 0.2) is 42.5 Å². The molecule has 0 aromatic heterocycles. The summed E-state index contributed by atoms with van der Waals surface area (Å²) in [6.45, 7) is 27.5. The van der Waals surface area contributed by atoms with Gasteiger partial charge in [-0.15, -0.1) is 0 Å². The Morgan fingerprint density at radius 2 is 0.791 bits per heavy atom. The zero-order chi connectivity index (χ0) is 32.2. The van der Waals surface area contributed by atoms with Gasteiger partial charge in [0, 0.05) is 0 Å². The van der Waals surface area contributed by atoms with Gasteiger partial charge in [-0.1, -0.05) is 135 Å². The second-order valence-corrected chi connectivity index (χ2v) is 14.0. The van der Waals surface area contributed by atoms with Gasteiger partial charge in [0.15, 0.2) is 0 Å². The molecule has 3 heteroatoms. The quantitative estimate of drug-likeness (QED) is 0.225. The molecule has 0 unspecified atom stereocenters. The molecule has 2 nitrogen and oxygen atoms in total. The van der Waals surface area contributed by atoms with E-state index in [4.69, 9.17) is 0 Å². The summed E-state index contributed by atoms with van der Waals surface area (Å²) in [5.41, 5.74) is 14.8. The van der Waals surface area contributed by atoms with E-state index in [1.54, 1.807) is 14.1 Å². The molecule has 0 amide bonds. The smallest absolute Gasteiger partial charge is 0.0993 e. The van der Waals surface area contributed by atoms with Gasteiger partial charge in [0.1, 0.15) is 0 Å². The Kier molecular flexibility index (Phi) is 11.5. The molecular weight excluding hydrogens is 519 g/mol. The topological polar surface area (TPSA) is 8.72 Å². The van der Waals surface area contributed by atoms with Crippen LogP contribution in [0.25, 0.3) is 31.9 Å². The molecule has 0 radical (unpaired) electrons. The number of hydrogen-bond acceptors (Lipinski definition) is 0. The van der Waals surface area contributed by atoms with Crippen LogP contribution in [-0.2, 0) is 0 Å². The van der Waals surface area contributed by atoms with E-state index in [0.29, 0.717) is 35.5 Å². The first-order valence-electron chi connectivity index (χ1n) is 16.4. The normalized spacial score (nSPS) is 11.4. The molecule has 0 aliphatic heterocycles. The van der Waals surface area contributed by atoms with E-state index in [0.717, 1.165) is 0 Å². The fourth-order valence-electron chi connectivity index (χ4n) is 6.26.